The van der Waals surface area contributed by atoms with Crippen LogP contribution < -0.4 is 13.6 Å². The van der Waals surface area contributed by atoms with Gasteiger partial charge in [0.05, 0.1) is 0 Å². The Kier molecular flexibility index (Phi) is 15.3. The average molecular weight is 1080 g/mol. The molecule has 36 nitrogen and oxygen atoms in total. The maximum absolute atomic E-state index is 13.3. The van der Waals surface area contributed by atoms with Gasteiger partial charge in [-0.25, -0.2) is 13.7 Å². The topological polar surface area (TPSA) is 657 Å². The van der Waals surface area contributed by atoms with Crippen LogP contribution in [-0.4, -0.2) is 116 Å². The summed E-state index contributed by atoms with van der Waals surface area (Å²) < 4.78 is 143. The van der Waals surface area contributed by atoms with E-state index < -0.39 is 140 Å². The fourth-order valence-corrected chi connectivity index (χ4v) is 31.1. The highest BCUT2D eigenvalue weighted by Crippen LogP contribution is 2.97. The van der Waals surface area contributed by atoms with E-state index in [0.717, 1.165) is 0 Å². The standard InChI is InChI=1S/C9H24O36P12/c10-46(11,12)7(47(13,14)15,48(16,17)18)55(37,38)43-4-1-2-5(44-56(39,40)8(49(19,20)21,50(22,23)24)51(25,26)27)6(3-4)45-57(41,42)9(52(28,29)30,53(31,32)33)54(34,35)36/h1-3H,(H,37,38)(H,39,40)(H,41,42)(H2,10,11,12)(H2,13,14,15)(H2,16,17,18)(H2,19,20,21)(H2,22,23,24)(H2,25,26,27)(H2,28,29,30)(H2,31,32,33)(H2,34,35,36). The molecule has 0 aliphatic rings. The number of hydrogen-bond donors (Lipinski definition) is 21. The van der Waals surface area contributed by atoms with Crippen molar-refractivity contribution in [2.24, 2.45) is 0 Å². The highest BCUT2D eigenvalue weighted by Gasteiger charge is 2.86. The molecule has 1 aromatic rings. The highest BCUT2D eigenvalue weighted by atomic mass is 31.4. The van der Waals surface area contributed by atoms with Crippen molar-refractivity contribution in [2.45, 2.75) is 13.1 Å². The van der Waals surface area contributed by atoms with E-state index in [1.165, 1.54) is 0 Å². The van der Waals surface area contributed by atoms with Crippen LogP contribution in [0.4, 0.5) is 0 Å². The number of hydrogen-bond acceptors (Lipinski definition) is 15. The molecule has 3 unspecified atom stereocenters. The predicted molar refractivity (Wildman–Crippen MR) is 174 cm³/mol. The Morgan fingerprint density at radius 3 is 0.702 bits per heavy atom. The lowest BCUT2D eigenvalue weighted by Gasteiger charge is -2.38. The SMILES string of the molecule is O=P(O)(O)C(P(=O)(O)O)(P(=O)(O)O)P(=O)(O)Oc1ccc(OP(=O)(O)C(P(=O)(O)O)(P(=O)(O)O)P(=O)(O)O)c(OP(=O)(O)C(P(=O)(O)O)(P(=O)(O)O)P(=O)(O)O)c1. The van der Waals surface area contributed by atoms with E-state index in [2.05, 4.69) is 13.6 Å². The maximum Gasteiger partial charge on any atom is 0.420 e. The third kappa shape index (κ3) is 9.02. The van der Waals surface area contributed by atoms with Gasteiger partial charge in [0.1, 0.15) is 5.75 Å². The molecule has 21 N–H and O–H groups in total. The van der Waals surface area contributed by atoms with Gasteiger partial charge >= 0.3 is 104 Å². The van der Waals surface area contributed by atoms with E-state index in [9.17, 15) is 158 Å². The lowest BCUT2D eigenvalue weighted by molar-refractivity contribution is 0.285. The van der Waals surface area contributed by atoms with Gasteiger partial charge in [0.25, 0.3) is 0 Å². The van der Waals surface area contributed by atoms with E-state index >= 15 is 0 Å². The van der Waals surface area contributed by atoms with E-state index in [1.807, 2.05) is 0 Å². The smallest absolute Gasteiger partial charge is 0.420 e. The molecule has 3 atom stereocenters. The molecule has 0 radical (unpaired) electrons. The van der Waals surface area contributed by atoms with Gasteiger partial charge < -0.3 is 116 Å². The van der Waals surface area contributed by atoms with Crippen molar-refractivity contribution in [3.05, 3.63) is 18.2 Å². The third-order valence-electron chi connectivity index (χ3n) is 6.24. The van der Waals surface area contributed by atoms with Gasteiger partial charge in [-0.15, -0.1) is 0 Å². The monoisotopic (exact) mass is 1080 g/mol. The Hall–Kier alpha value is 0.540. The van der Waals surface area contributed by atoms with Crippen LogP contribution in [0.1, 0.15) is 0 Å². The summed E-state index contributed by atoms with van der Waals surface area (Å²) in [6.45, 7) is 0. The van der Waals surface area contributed by atoms with Crippen molar-refractivity contribution in [3.8, 4) is 17.2 Å². The zero-order valence-electron chi connectivity index (χ0n) is 25.6. The van der Waals surface area contributed by atoms with Crippen LogP contribution in [0.5, 0.6) is 17.2 Å². The molecular formula is C9H24O36P12. The highest BCUT2D eigenvalue weighted by molar-refractivity contribution is 8.05. The van der Waals surface area contributed by atoms with Gasteiger partial charge in [-0.05, 0) is 12.1 Å². The molecule has 0 saturated heterocycles. The lowest BCUT2D eigenvalue weighted by Crippen LogP contribution is -2.32. The molecular weight excluding hydrogens is 1060 g/mol. The summed E-state index contributed by atoms with van der Waals surface area (Å²) in [5.41, 5.74) is 0. The molecule has 0 aliphatic carbocycles. The van der Waals surface area contributed by atoms with E-state index in [4.69, 9.17) is 0 Å². The van der Waals surface area contributed by atoms with Crippen molar-refractivity contribution in [3.63, 3.8) is 0 Å². The minimum Gasteiger partial charge on any atom is -0.423 e. The van der Waals surface area contributed by atoms with Crippen LogP contribution in [0.15, 0.2) is 18.2 Å². The molecule has 1 rings (SSSR count). The van der Waals surface area contributed by atoms with Gasteiger partial charge in [-0.3, -0.25) is 41.1 Å². The van der Waals surface area contributed by atoms with Crippen molar-refractivity contribution >= 4 is 91.1 Å². The van der Waals surface area contributed by atoms with Crippen LogP contribution in [0.3, 0.4) is 0 Å². The summed E-state index contributed by atoms with van der Waals surface area (Å²) in [7, 11) is -91.8. The van der Waals surface area contributed by atoms with Crippen molar-refractivity contribution in [1.82, 2.24) is 0 Å². The van der Waals surface area contributed by atoms with Crippen LogP contribution in [0, 0.1) is 0 Å². The molecule has 0 aliphatic heterocycles. The van der Waals surface area contributed by atoms with E-state index in [-0.39, 0.29) is 0 Å². The fraction of sp³-hybridized carbons (Fsp3) is 0.333. The quantitative estimate of drug-likeness (QED) is 0.0695. The number of benzene rings is 1. The van der Waals surface area contributed by atoms with Gasteiger partial charge in [-0.1, -0.05) is 0 Å². The summed E-state index contributed by atoms with van der Waals surface area (Å²) in [5.74, 6) is -7.44. The first-order chi connectivity index (χ1) is 24.3. The Morgan fingerprint density at radius 1 is 0.298 bits per heavy atom. The number of rotatable bonds is 18. The molecule has 0 bridgehead atoms. The summed E-state index contributed by atoms with van der Waals surface area (Å²) in [6, 6.07) is -1.84. The van der Waals surface area contributed by atoms with Crippen LogP contribution in [0.25, 0.3) is 0 Å². The molecule has 336 valence electrons. The van der Waals surface area contributed by atoms with Crippen LogP contribution >= 0.6 is 91.1 Å². The van der Waals surface area contributed by atoms with Gasteiger partial charge in [0.2, 0.25) is 0 Å². The summed E-state index contributed by atoms with van der Waals surface area (Å²) >= 11 is 0. The van der Waals surface area contributed by atoms with Gasteiger partial charge in [-0.2, -0.15) is 0 Å². The lowest BCUT2D eigenvalue weighted by atomic mass is 10.3. The van der Waals surface area contributed by atoms with Crippen LogP contribution in [0.2, 0.25) is 0 Å². The van der Waals surface area contributed by atoms with Crippen molar-refractivity contribution in [2.75, 3.05) is 0 Å². The summed E-state index contributed by atoms with van der Waals surface area (Å²) in [5, 5.41) is 0. The zero-order chi connectivity index (χ0) is 46.5. The summed E-state index contributed by atoms with van der Waals surface area (Å²) in [6.07, 6.45) is 0. The first kappa shape index (κ1) is 55.6. The predicted octanol–water partition coefficient (Wildman–Crippen LogP) is -2.19. The van der Waals surface area contributed by atoms with E-state index in [1.54, 1.807) is 0 Å². The van der Waals surface area contributed by atoms with Crippen molar-refractivity contribution < 1.29 is 171 Å². The Bertz CT molecular complexity index is 2200. The Balaban J connectivity index is 4.73. The third-order valence-corrected chi connectivity index (χ3v) is 44.8. The van der Waals surface area contributed by atoms with E-state index in [0.29, 0.717) is 0 Å². The van der Waals surface area contributed by atoms with Crippen LogP contribution in [-0.2, 0) is 54.8 Å². The molecule has 48 heteroatoms. The Morgan fingerprint density at radius 2 is 0.491 bits per heavy atom. The molecule has 0 aromatic heterocycles. The molecule has 1 aromatic carbocycles. The Labute approximate surface area is 310 Å². The molecule has 0 heterocycles. The van der Waals surface area contributed by atoms with Gasteiger partial charge in [0, 0.05) is 6.07 Å². The first-order valence-corrected chi connectivity index (χ1v) is 31.2. The second-order valence-electron chi connectivity index (χ2n) is 10.1. The molecule has 0 saturated carbocycles. The minimum atomic E-state index is -8.00. The summed E-state index contributed by atoms with van der Waals surface area (Å²) in [4.78, 5) is 203. The second kappa shape index (κ2) is 15.7. The maximum atomic E-state index is 13.3. The molecule has 0 spiro atoms. The second-order valence-corrected chi connectivity index (χ2v) is 38.0. The van der Waals surface area contributed by atoms with Crippen molar-refractivity contribution in [1.29, 1.82) is 0 Å². The average Bonchev–Trinajstić information content (AvgIpc) is 2.75. The normalized spacial score (nSPS) is 18.5. The minimum absolute atomic E-state index is 0.409. The zero-order valence-corrected chi connectivity index (χ0v) is 36.3. The molecule has 0 amide bonds. The van der Waals surface area contributed by atoms with Gasteiger partial charge in [0.15, 0.2) is 11.5 Å². The largest absolute Gasteiger partial charge is 0.423 e. The molecule has 57 heavy (non-hydrogen) atoms. The fourth-order valence-electron chi connectivity index (χ4n) is 4.29. The molecule has 0 fully saturated rings. The first-order valence-electron chi connectivity index (χ1n) is 12.0.